The molecule has 0 spiro atoms. The van der Waals surface area contributed by atoms with Gasteiger partial charge in [-0.1, -0.05) is 53.5 Å². The van der Waals surface area contributed by atoms with Gasteiger partial charge in [-0.3, -0.25) is 4.79 Å². The van der Waals surface area contributed by atoms with Gasteiger partial charge >= 0.3 is 6.03 Å². The summed E-state index contributed by atoms with van der Waals surface area (Å²) in [6.07, 6.45) is 0. The van der Waals surface area contributed by atoms with Crippen LogP contribution in [0.1, 0.15) is 16.1 Å². The number of aromatic nitrogens is 1. The van der Waals surface area contributed by atoms with Gasteiger partial charge in [0.05, 0.1) is 29.1 Å². The Labute approximate surface area is 237 Å². The smallest absolute Gasteiger partial charge is 0.322 e. The van der Waals surface area contributed by atoms with Crippen molar-refractivity contribution in [3.05, 3.63) is 100 Å². The summed E-state index contributed by atoms with van der Waals surface area (Å²) < 4.78 is 7.54. The van der Waals surface area contributed by atoms with Gasteiger partial charge in [0.2, 0.25) is 0 Å². The maximum absolute atomic E-state index is 13.8. The van der Waals surface area contributed by atoms with Crippen molar-refractivity contribution >= 4 is 40.8 Å². The molecule has 3 amide bonds. The minimum atomic E-state index is -0.266. The van der Waals surface area contributed by atoms with Crippen molar-refractivity contribution in [1.29, 1.82) is 0 Å². The van der Waals surface area contributed by atoms with E-state index in [0.29, 0.717) is 47.5 Å². The highest BCUT2D eigenvalue weighted by atomic mass is 35.5. The maximum Gasteiger partial charge on any atom is 0.322 e. The lowest BCUT2D eigenvalue weighted by atomic mass is 10.1. The lowest BCUT2D eigenvalue weighted by molar-refractivity contribution is 0.0671. The molecule has 2 heterocycles. The first-order valence-corrected chi connectivity index (χ1v) is 13.3. The monoisotopic (exact) mass is 562 g/mol. The average molecular weight is 563 g/mol. The van der Waals surface area contributed by atoms with Crippen LogP contribution in [0.2, 0.25) is 10.0 Å². The zero-order valence-electron chi connectivity index (χ0n) is 21.7. The van der Waals surface area contributed by atoms with Crippen molar-refractivity contribution in [3.63, 3.8) is 0 Å². The van der Waals surface area contributed by atoms with E-state index >= 15 is 0 Å². The number of hydrogen-bond donors (Lipinski definition) is 1. The Bertz CT molecular complexity index is 1510. The van der Waals surface area contributed by atoms with E-state index in [1.165, 1.54) is 0 Å². The topological polar surface area (TPSA) is 66.8 Å². The highest BCUT2D eigenvalue weighted by Gasteiger charge is 2.28. The highest BCUT2D eigenvalue weighted by molar-refractivity contribution is 6.36. The number of carbonyl (C=O) groups excluding carboxylic acids is 2. The number of nitrogens with zero attached hydrogens (tertiary/aromatic N) is 3. The number of anilines is 1. The molecule has 1 fully saturated rings. The summed E-state index contributed by atoms with van der Waals surface area (Å²) in [5.41, 5.74) is 4.78. The molecule has 0 aliphatic carbocycles. The first-order chi connectivity index (χ1) is 18.9. The van der Waals surface area contributed by atoms with E-state index < -0.39 is 0 Å². The van der Waals surface area contributed by atoms with Crippen LogP contribution >= 0.6 is 23.2 Å². The molecule has 1 saturated heterocycles. The Morgan fingerprint density at radius 2 is 1.56 bits per heavy atom. The van der Waals surface area contributed by atoms with Gasteiger partial charge in [0.25, 0.3) is 5.91 Å². The molecule has 3 aromatic carbocycles. The molecule has 0 radical (unpaired) electrons. The van der Waals surface area contributed by atoms with E-state index in [2.05, 4.69) is 9.88 Å². The van der Waals surface area contributed by atoms with Crippen LogP contribution in [0.25, 0.3) is 16.9 Å². The SMILES string of the molecule is COc1cccc(-c2cc(C(=O)N3CCN(C(=O)Nc4ccc(Cl)cc4Cl)CC3)c(C)n2-c2ccccc2)c1. The highest BCUT2D eigenvalue weighted by Crippen LogP contribution is 2.32. The van der Waals surface area contributed by atoms with Crippen LogP contribution in [0.15, 0.2) is 78.9 Å². The van der Waals surface area contributed by atoms with Crippen molar-refractivity contribution in [1.82, 2.24) is 14.4 Å². The van der Waals surface area contributed by atoms with Crippen molar-refractivity contribution in [3.8, 4) is 22.7 Å². The number of methoxy groups -OCH3 is 1. The molecular formula is C30H28Cl2N4O3. The third-order valence-electron chi connectivity index (χ3n) is 6.88. The van der Waals surface area contributed by atoms with Gasteiger partial charge < -0.3 is 24.4 Å². The Morgan fingerprint density at radius 1 is 0.846 bits per heavy atom. The van der Waals surface area contributed by atoms with Gasteiger partial charge in [-0.15, -0.1) is 0 Å². The normalized spacial score (nSPS) is 13.3. The molecule has 0 bridgehead atoms. The van der Waals surface area contributed by atoms with E-state index in [1.54, 1.807) is 35.1 Å². The fourth-order valence-corrected chi connectivity index (χ4v) is 5.25. The van der Waals surface area contributed by atoms with E-state index in [4.69, 9.17) is 27.9 Å². The molecule has 7 nitrogen and oxygen atoms in total. The number of amides is 3. The second-order valence-corrected chi connectivity index (χ2v) is 10.1. The molecule has 9 heteroatoms. The lowest BCUT2D eigenvalue weighted by Crippen LogP contribution is -2.51. The van der Waals surface area contributed by atoms with Crippen LogP contribution in [0.5, 0.6) is 5.75 Å². The quantitative estimate of drug-likeness (QED) is 0.292. The zero-order chi connectivity index (χ0) is 27.5. The summed E-state index contributed by atoms with van der Waals surface area (Å²) in [5, 5.41) is 3.69. The third kappa shape index (κ3) is 5.60. The molecule has 5 rings (SSSR count). The molecule has 0 atom stereocenters. The number of rotatable bonds is 5. The zero-order valence-corrected chi connectivity index (χ0v) is 23.2. The van der Waals surface area contributed by atoms with Gasteiger partial charge in [0.1, 0.15) is 5.75 Å². The van der Waals surface area contributed by atoms with E-state index in [-0.39, 0.29) is 11.9 Å². The van der Waals surface area contributed by atoms with Crippen molar-refractivity contribution in [2.45, 2.75) is 6.92 Å². The van der Waals surface area contributed by atoms with Crippen LogP contribution < -0.4 is 10.1 Å². The molecule has 0 unspecified atom stereocenters. The van der Waals surface area contributed by atoms with Gasteiger partial charge in [-0.05, 0) is 55.5 Å². The summed E-state index contributed by atoms with van der Waals surface area (Å²) in [6, 6.07) is 24.4. The second-order valence-electron chi connectivity index (χ2n) is 9.27. The number of ether oxygens (including phenoxy) is 1. The van der Waals surface area contributed by atoms with Crippen LogP contribution in [-0.4, -0.2) is 59.6 Å². The number of urea groups is 1. The summed E-state index contributed by atoms with van der Waals surface area (Å²) in [5.74, 6) is 0.681. The Morgan fingerprint density at radius 3 is 2.26 bits per heavy atom. The maximum atomic E-state index is 13.8. The van der Waals surface area contributed by atoms with E-state index in [1.807, 2.05) is 67.6 Å². The van der Waals surface area contributed by atoms with Crippen LogP contribution in [-0.2, 0) is 0 Å². The summed E-state index contributed by atoms with van der Waals surface area (Å²) in [6.45, 7) is 3.62. The van der Waals surface area contributed by atoms with Gasteiger partial charge in [-0.25, -0.2) is 4.79 Å². The largest absolute Gasteiger partial charge is 0.497 e. The Hall–Kier alpha value is -3.94. The third-order valence-corrected chi connectivity index (χ3v) is 7.43. The van der Waals surface area contributed by atoms with Crippen LogP contribution in [0, 0.1) is 6.92 Å². The number of benzene rings is 3. The first kappa shape index (κ1) is 26.7. The molecule has 4 aromatic rings. The number of para-hydroxylation sites is 1. The number of halogens is 2. The van der Waals surface area contributed by atoms with E-state index in [9.17, 15) is 9.59 Å². The molecule has 1 N–H and O–H groups in total. The Kier molecular flexibility index (Phi) is 7.82. The fourth-order valence-electron chi connectivity index (χ4n) is 4.80. The standard InChI is InChI=1S/C30H28Cl2N4O3/c1-20-25(19-28(21-7-6-10-24(17-21)39-2)36(20)23-8-4-3-5-9-23)29(37)34-13-15-35(16-14-34)30(38)33-27-12-11-22(31)18-26(27)32/h3-12,17-19H,13-16H2,1-2H3,(H,33,38). The fraction of sp³-hybridized carbons (Fsp3) is 0.200. The van der Waals surface area contributed by atoms with E-state index in [0.717, 1.165) is 28.4 Å². The second kappa shape index (κ2) is 11.4. The number of hydrogen-bond acceptors (Lipinski definition) is 3. The van der Waals surface area contributed by atoms with Gasteiger partial charge in [0, 0.05) is 48.1 Å². The predicted octanol–water partition coefficient (Wildman–Crippen LogP) is 6.76. The van der Waals surface area contributed by atoms with Gasteiger partial charge in [-0.2, -0.15) is 0 Å². The molecule has 1 aliphatic rings. The summed E-state index contributed by atoms with van der Waals surface area (Å²) in [7, 11) is 1.64. The van der Waals surface area contributed by atoms with Gasteiger partial charge in [0.15, 0.2) is 0 Å². The number of piperazine rings is 1. The molecule has 0 saturated carbocycles. The number of carbonyl (C=O) groups is 2. The van der Waals surface area contributed by atoms with Crippen molar-refractivity contribution in [2.75, 3.05) is 38.6 Å². The summed E-state index contributed by atoms with van der Waals surface area (Å²) >= 11 is 12.2. The summed E-state index contributed by atoms with van der Waals surface area (Å²) in [4.78, 5) is 30.1. The average Bonchev–Trinajstić information content (AvgIpc) is 3.31. The van der Waals surface area contributed by atoms with Crippen molar-refractivity contribution < 1.29 is 14.3 Å². The molecular weight excluding hydrogens is 535 g/mol. The lowest BCUT2D eigenvalue weighted by Gasteiger charge is -2.34. The molecule has 39 heavy (non-hydrogen) atoms. The molecule has 1 aromatic heterocycles. The molecule has 1 aliphatic heterocycles. The minimum absolute atomic E-state index is 0.0628. The van der Waals surface area contributed by atoms with Crippen LogP contribution in [0.3, 0.4) is 0 Å². The predicted molar refractivity (Wildman–Crippen MR) is 155 cm³/mol. The Balaban J connectivity index is 1.36. The first-order valence-electron chi connectivity index (χ1n) is 12.6. The minimum Gasteiger partial charge on any atom is -0.497 e. The van der Waals surface area contributed by atoms with Crippen LogP contribution in [0.4, 0.5) is 10.5 Å². The van der Waals surface area contributed by atoms with Crippen molar-refractivity contribution in [2.24, 2.45) is 0 Å². The number of nitrogens with one attached hydrogen (secondary N) is 1. The molecule has 200 valence electrons.